The van der Waals surface area contributed by atoms with Crippen LogP contribution in [0.25, 0.3) is 0 Å². The van der Waals surface area contributed by atoms with Crippen LogP contribution in [-0.2, 0) is 27.9 Å². The average Bonchev–Trinajstić information content (AvgIpc) is 3.21. The Kier molecular flexibility index (Phi) is 8.70. The molecular weight excluding hydrogens is 390 g/mol. The second kappa shape index (κ2) is 11.7. The zero-order valence-corrected chi connectivity index (χ0v) is 17.5. The van der Waals surface area contributed by atoms with Crippen LogP contribution in [0.5, 0.6) is 5.88 Å². The third-order valence-electron chi connectivity index (χ3n) is 4.72. The summed E-state index contributed by atoms with van der Waals surface area (Å²) in [5.41, 5.74) is 1.21. The maximum atomic E-state index is 11.9. The molecular formula is C21H29N3O4S. The highest BCUT2D eigenvalue weighted by Gasteiger charge is 2.11. The number of pyridine rings is 1. The molecule has 2 aromatic heterocycles. The molecule has 158 valence electrons. The summed E-state index contributed by atoms with van der Waals surface area (Å²) in [4.78, 5) is 18.6. The van der Waals surface area contributed by atoms with Gasteiger partial charge in [-0.1, -0.05) is 6.42 Å². The number of piperidine rings is 1. The molecule has 0 spiro atoms. The number of furan rings is 1. The average molecular weight is 420 g/mol. The zero-order valence-electron chi connectivity index (χ0n) is 16.7. The van der Waals surface area contributed by atoms with E-state index in [9.17, 15) is 9.00 Å². The van der Waals surface area contributed by atoms with E-state index in [1.165, 1.54) is 31.1 Å². The highest BCUT2D eigenvalue weighted by molar-refractivity contribution is 7.84. The van der Waals surface area contributed by atoms with Gasteiger partial charge in [0, 0.05) is 36.2 Å². The normalized spacial score (nSPS) is 15.7. The Labute approximate surface area is 174 Å². The molecule has 0 aliphatic carbocycles. The van der Waals surface area contributed by atoms with Crippen molar-refractivity contribution in [2.75, 3.05) is 32.0 Å². The Balaban J connectivity index is 1.29. The molecule has 0 radical (unpaired) electrons. The number of aromatic nitrogens is 1. The second-order valence-electron chi connectivity index (χ2n) is 7.20. The fourth-order valence-electron chi connectivity index (χ4n) is 3.28. The van der Waals surface area contributed by atoms with Crippen molar-refractivity contribution in [3.63, 3.8) is 0 Å². The molecule has 1 unspecified atom stereocenters. The van der Waals surface area contributed by atoms with Gasteiger partial charge in [-0.05, 0) is 56.1 Å². The highest BCUT2D eigenvalue weighted by Crippen LogP contribution is 2.15. The number of nitrogens with one attached hydrogen (secondary N) is 1. The van der Waals surface area contributed by atoms with Crippen LogP contribution < -0.4 is 10.1 Å². The number of carbonyl (C=O) groups excluding carboxylic acids is 1. The van der Waals surface area contributed by atoms with Gasteiger partial charge in [-0.3, -0.25) is 13.9 Å². The van der Waals surface area contributed by atoms with E-state index >= 15 is 0 Å². The number of likely N-dealkylation sites (tertiary alicyclic amines) is 1. The molecule has 1 fully saturated rings. The molecule has 0 bridgehead atoms. The largest absolute Gasteiger partial charge is 0.478 e. The number of nitrogens with zero attached hydrogens (tertiary/aromatic N) is 2. The molecule has 0 saturated carbocycles. The van der Waals surface area contributed by atoms with E-state index < -0.39 is 10.8 Å². The topological polar surface area (TPSA) is 84.7 Å². The van der Waals surface area contributed by atoms with Crippen molar-refractivity contribution in [1.29, 1.82) is 0 Å². The van der Waals surface area contributed by atoms with Gasteiger partial charge in [0.05, 0.1) is 18.6 Å². The molecule has 1 amide bonds. The first-order chi connectivity index (χ1) is 14.2. The Morgan fingerprint density at radius 1 is 1.28 bits per heavy atom. The predicted molar refractivity (Wildman–Crippen MR) is 112 cm³/mol. The molecule has 1 N–H and O–H groups in total. The summed E-state index contributed by atoms with van der Waals surface area (Å²) in [7, 11) is -1.27. The molecule has 1 aliphatic rings. The summed E-state index contributed by atoms with van der Waals surface area (Å²) >= 11 is 0. The van der Waals surface area contributed by atoms with E-state index in [4.69, 9.17) is 9.15 Å². The number of carbonyl (C=O) groups is 1. The summed E-state index contributed by atoms with van der Waals surface area (Å²) in [5.74, 6) is 1.24. The van der Waals surface area contributed by atoms with Gasteiger partial charge in [0.1, 0.15) is 11.5 Å². The van der Waals surface area contributed by atoms with Crippen LogP contribution in [0.15, 0.2) is 41.1 Å². The molecule has 1 saturated heterocycles. The summed E-state index contributed by atoms with van der Waals surface area (Å²) in [6.45, 7) is 4.19. The molecule has 7 nitrogen and oxygen atoms in total. The third-order valence-corrected chi connectivity index (χ3v) is 5.91. The van der Waals surface area contributed by atoms with Crippen LogP contribution >= 0.6 is 0 Å². The summed E-state index contributed by atoms with van der Waals surface area (Å²) < 4.78 is 22.8. The quantitative estimate of drug-likeness (QED) is 0.564. The number of hydrogen-bond donors (Lipinski definition) is 1. The number of amides is 1. The highest BCUT2D eigenvalue weighted by atomic mass is 32.2. The van der Waals surface area contributed by atoms with Crippen LogP contribution in [0.4, 0.5) is 0 Å². The van der Waals surface area contributed by atoms with Crippen LogP contribution in [0.1, 0.15) is 37.0 Å². The van der Waals surface area contributed by atoms with E-state index in [-0.39, 0.29) is 17.4 Å². The van der Waals surface area contributed by atoms with Gasteiger partial charge in [0.25, 0.3) is 0 Å². The lowest BCUT2D eigenvalue weighted by Gasteiger charge is -2.26. The molecule has 3 rings (SSSR count). The minimum absolute atomic E-state index is 0.0261. The molecule has 1 atom stereocenters. The van der Waals surface area contributed by atoms with Crippen molar-refractivity contribution in [1.82, 2.24) is 15.2 Å². The number of hydrogen-bond acceptors (Lipinski definition) is 6. The number of ether oxygens (including phenoxy) is 1. The van der Waals surface area contributed by atoms with Gasteiger partial charge in [-0.15, -0.1) is 0 Å². The van der Waals surface area contributed by atoms with Crippen molar-refractivity contribution in [2.45, 2.75) is 38.0 Å². The summed E-state index contributed by atoms with van der Waals surface area (Å²) in [6.07, 6.45) is 7.86. The van der Waals surface area contributed by atoms with E-state index in [2.05, 4.69) is 15.2 Å². The predicted octanol–water partition coefficient (Wildman–Crippen LogP) is 2.49. The minimum Gasteiger partial charge on any atom is -0.478 e. The lowest BCUT2D eigenvalue weighted by atomic mass is 10.1. The van der Waals surface area contributed by atoms with Crippen molar-refractivity contribution in [3.8, 4) is 5.88 Å². The van der Waals surface area contributed by atoms with Gasteiger partial charge in [0.2, 0.25) is 11.8 Å². The SMILES string of the molecule is O=C(CS(=O)Cc1ccco1)NCCCOc1cc(CN2CCCCC2)ccn1. The van der Waals surface area contributed by atoms with Gasteiger partial charge < -0.3 is 14.5 Å². The molecule has 0 aromatic carbocycles. The molecule has 29 heavy (non-hydrogen) atoms. The van der Waals surface area contributed by atoms with Gasteiger partial charge in [0.15, 0.2) is 0 Å². The fraction of sp³-hybridized carbons (Fsp3) is 0.524. The van der Waals surface area contributed by atoms with Gasteiger partial charge in [-0.25, -0.2) is 4.98 Å². The van der Waals surface area contributed by atoms with E-state index in [1.807, 2.05) is 12.1 Å². The molecule has 8 heteroatoms. The first kappa shape index (κ1) is 21.5. The van der Waals surface area contributed by atoms with E-state index in [1.54, 1.807) is 18.3 Å². The fourth-order valence-corrected chi connectivity index (χ4v) is 4.26. The van der Waals surface area contributed by atoms with E-state index in [0.717, 1.165) is 19.6 Å². The Morgan fingerprint density at radius 2 is 2.14 bits per heavy atom. The number of rotatable bonds is 11. The van der Waals surface area contributed by atoms with Crippen LogP contribution in [-0.4, -0.2) is 52.0 Å². The van der Waals surface area contributed by atoms with Crippen molar-refractivity contribution >= 4 is 16.7 Å². The first-order valence-electron chi connectivity index (χ1n) is 10.1. The van der Waals surface area contributed by atoms with Gasteiger partial charge in [-0.2, -0.15) is 0 Å². The summed E-state index contributed by atoms with van der Waals surface area (Å²) in [5, 5.41) is 2.78. The zero-order chi connectivity index (χ0) is 20.3. The third kappa shape index (κ3) is 7.98. The smallest absolute Gasteiger partial charge is 0.232 e. The Hall–Kier alpha value is -2.19. The summed E-state index contributed by atoms with van der Waals surface area (Å²) in [6, 6.07) is 7.52. The molecule has 1 aliphatic heterocycles. The van der Waals surface area contributed by atoms with Crippen LogP contribution in [0.3, 0.4) is 0 Å². The molecule has 3 heterocycles. The Bertz CT molecular complexity index is 776. The Morgan fingerprint density at radius 3 is 2.93 bits per heavy atom. The lowest BCUT2D eigenvalue weighted by molar-refractivity contribution is -0.118. The van der Waals surface area contributed by atoms with Crippen molar-refractivity contribution in [3.05, 3.63) is 48.0 Å². The standard InChI is InChI=1S/C21H29N3O4S/c25-20(17-29(26)16-19-6-4-12-27-19)22-8-5-13-28-21-14-18(7-9-23-21)15-24-10-2-1-3-11-24/h4,6-7,9,12,14H,1-3,5,8,10-11,13,15-17H2,(H,22,25). The van der Waals surface area contributed by atoms with E-state index in [0.29, 0.717) is 31.2 Å². The van der Waals surface area contributed by atoms with Crippen molar-refractivity contribution < 1.29 is 18.2 Å². The maximum absolute atomic E-state index is 11.9. The molecule has 2 aromatic rings. The first-order valence-corrected chi connectivity index (χ1v) is 11.6. The maximum Gasteiger partial charge on any atom is 0.232 e. The second-order valence-corrected chi connectivity index (χ2v) is 8.66. The van der Waals surface area contributed by atoms with Crippen molar-refractivity contribution in [2.24, 2.45) is 0 Å². The van der Waals surface area contributed by atoms with Crippen LogP contribution in [0, 0.1) is 0 Å². The van der Waals surface area contributed by atoms with Crippen LogP contribution in [0.2, 0.25) is 0 Å². The monoisotopic (exact) mass is 419 g/mol. The lowest BCUT2D eigenvalue weighted by Crippen LogP contribution is -2.30. The minimum atomic E-state index is -1.27. The van der Waals surface area contributed by atoms with Gasteiger partial charge >= 0.3 is 0 Å².